The third-order valence-corrected chi connectivity index (χ3v) is 3.64. The first-order valence-electron chi connectivity index (χ1n) is 6.83. The molecule has 1 atom stereocenters. The number of carbonyl (C=O) groups is 1. The molecule has 1 aliphatic rings. The Kier molecular flexibility index (Phi) is 4.88. The zero-order valence-electron chi connectivity index (χ0n) is 11.8. The van der Waals surface area contributed by atoms with E-state index in [1.165, 1.54) is 12.1 Å². The van der Waals surface area contributed by atoms with E-state index in [1.54, 1.807) is 18.1 Å². The van der Waals surface area contributed by atoms with Gasteiger partial charge in [0, 0.05) is 26.6 Å². The van der Waals surface area contributed by atoms with Gasteiger partial charge in [-0.1, -0.05) is 18.2 Å². The second-order valence-electron chi connectivity index (χ2n) is 5.30. The average molecular weight is 301 g/mol. The second kappa shape index (κ2) is 6.47. The summed E-state index contributed by atoms with van der Waals surface area (Å²) in [6.45, 7) is 1.59. The molecule has 2 rings (SSSR count). The molecule has 1 aromatic carbocycles. The van der Waals surface area contributed by atoms with Crippen molar-refractivity contribution in [3.63, 3.8) is 0 Å². The fourth-order valence-corrected chi connectivity index (χ4v) is 2.62. The van der Waals surface area contributed by atoms with Crippen LogP contribution in [-0.2, 0) is 22.1 Å². The van der Waals surface area contributed by atoms with Gasteiger partial charge in [0.15, 0.2) is 0 Å². The Morgan fingerprint density at radius 3 is 2.81 bits per heavy atom. The lowest BCUT2D eigenvalue weighted by atomic mass is 9.97. The highest BCUT2D eigenvalue weighted by molar-refractivity contribution is 5.78. The van der Waals surface area contributed by atoms with Crippen LogP contribution >= 0.6 is 0 Å². The molecular weight excluding hydrogens is 283 g/mol. The molecule has 1 aromatic rings. The van der Waals surface area contributed by atoms with Gasteiger partial charge in [0.25, 0.3) is 0 Å². The summed E-state index contributed by atoms with van der Waals surface area (Å²) in [6.07, 6.45) is -3.45. The summed E-state index contributed by atoms with van der Waals surface area (Å²) < 4.78 is 42.9. The number of halogens is 3. The van der Waals surface area contributed by atoms with Crippen molar-refractivity contribution in [2.24, 2.45) is 5.92 Å². The molecule has 0 bridgehead atoms. The maximum absolute atomic E-state index is 12.7. The summed E-state index contributed by atoms with van der Waals surface area (Å²) >= 11 is 0. The zero-order valence-corrected chi connectivity index (χ0v) is 11.8. The van der Waals surface area contributed by atoms with Gasteiger partial charge in [0.1, 0.15) is 0 Å². The van der Waals surface area contributed by atoms with Gasteiger partial charge in [0.05, 0.1) is 12.2 Å². The molecule has 3 nitrogen and oxygen atoms in total. The molecule has 116 valence electrons. The topological polar surface area (TPSA) is 29.5 Å². The zero-order chi connectivity index (χ0) is 15.5. The first-order valence-corrected chi connectivity index (χ1v) is 6.83. The van der Waals surface area contributed by atoms with Gasteiger partial charge >= 0.3 is 6.18 Å². The summed E-state index contributed by atoms with van der Waals surface area (Å²) in [7, 11) is 1.57. The summed E-state index contributed by atoms with van der Waals surface area (Å²) in [5.74, 6) is 0.113. The predicted molar refractivity (Wildman–Crippen MR) is 71.7 cm³/mol. The van der Waals surface area contributed by atoms with E-state index in [4.69, 9.17) is 4.74 Å². The van der Waals surface area contributed by atoms with Gasteiger partial charge in [-0.25, -0.2) is 0 Å². The normalized spacial score (nSPS) is 19.3. The second-order valence-corrected chi connectivity index (χ2v) is 5.30. The van der Waals surface area contributed by atoms with Crippen molar-refractivity contribution in [2.75, 3.05) is 26.8 Å². The summed E-state index contributed by atoms with van der Waals surface area (Å²) in [5, 5.41) is 0. The lowest BCUT2D eigenvalue weighted by Crippen LogP contribution is -2.28. The van der Waals surface area contributed by atoms with E-state index in [0.29, 0.717) is 38.1 Å². The SMILES string of the molecule is COCCN1C[C@@H](Cc2cccc(C(F)(F)F)c2)CC1=O. The van der Waals surface area contributed by atoms with Gasteiger partial charge in [-0.3, -0.25) is 4.79 Å². The average Bonchev–Trinajstić information content (AvgIpc) is 2.76. The van der Waals surface area contributed by atoms with Gasteiger partial charge < -0.3 is 9.64 Å². The van der Waals surface area contributed by atoms with Crippen LogP contribution in [0.25, 0.3) is 0 Å². The summed E-state index contributed by atoms with van der Waals surface area (Å²) in [6, 6.07) is 5.33. The van der Waals surface area contributed by atoms with E-state index >= 15 is 0 Å². The van der Waals surface area contributed by atoms with E-state index in [2.05, 4.69) is 0 Å². The van der Waals surface area contributed by atoms with Crippen molar-refractivity contribution >= 4 is 5.91 Å². The Hall–Kier alpha value is -1.56. The lowest BCUT2D eigenvalue weighted by molar-refractivity contribution is -0.137. The number of hydrogen-bond donors (Lipinski definition) is 0. The van der Waals surface area contributed by atoms with Crippen molar-refractivity contribution in [1.29, 1.82) is 0 Å². The molecule has 6 heteroatoms. The van der Waals surface area contributed by atoms with Crippen LogP contribution in [0.15, 0.2) is 24.3 Å². The first kappa shape index (κ1) is 15.8. The molecule has 1 fully saturated rings. The number of ether oxygens (including phenoxy) is 1. The van der Waals surface area contributed by atoms with Crippen molar-refractivity contribution < 1.29 is 22.7 Å². The molecular formula is C15H18F3NO2. The van der Waals surface area contributed by atoms with Crippen LogP contribution < -0.4 is 0 Å². The molecule has 0 aromatic heterocycles. The van der Waals surface area contributed by atoms with E-state index in [-0.39, 0.29) is 11.8 Å². The number of nitrogens with zero attached hydrogens (tertiary/aromatic N) is 1. The highest BCUT2D eigenvalue weighted by atomic mass is 19.4. The minimum Gasteiger partial charge on any atom is -0.383 e. The molecule has 1 aliphatic heterocycles. The van der Waals surface area contributed by atoms with Crippen molar-refractivity contribution in [2.45, 2.75) is 19.0 Å². The number of rotatable bonds is 5. The standard InChI is InChI=1S/C15H18F3NO2/c1-21-6-5-19-10-12(9-14(19)20)7-11-3-2-4-13(8-11)15(16,17)18/h2-4,8,12H,5-7,9-10H2,1H3/t12-/m0/s1. The molecule has 0 aliphatic carbocycles. The number of amides is 1. The number of hydrogen-bond acceptors (Lipinski definition) is 2. The van der Waals surface area contributed by atoms with Gasteiger partial charge in [-0.15, -0.1) is 0 Å². The predicted octanol–water partition coefficient (Wildman–Crippen LogP) is 2.74. The number of methoxy groups -OCH3 is 1. The Morgan fingerprint density at radius 2 is 2.14 bits per heavy atom. The fourth-order valence-electron chi connectivity index (χ4n) is 2.62. The molecule has 1 heterocycles. The largest absolute Gasteiger partial charge is 0.416 e. The highest BCUT2D eigenvalue weighted by Crippen LogP contribution is 2.30. The van der Waals surface area contributed by atoms with Crippen molar-refractivity contribution in [3.8, 4) is 0 Å². The maximum Gasteiger partial charge on any atom is 0.416 e. The highest BCUT2D eigenvalue weighted by Gasteiger charge is 2.32. The third-order valence-electron chi connectivity index (χ3n) is 3.64. The third kappa shape index (κ3) is 4.20. The van der Waals surface area contributed by atoms with Gasteiger partial charge in [-0.2, -0.15) is 13.2 Å². The Bertz CT molecular complexity index is 502. The molecule has 0 N–H and O–H groups in total. The molecule has 1 amide bonds. The summed E-state index contributed by atoms with van der Waals surface area (Å²) in [5.41, 5.74) is -0.0169. The molecule has 0 spiro atoms. The van der Waals surface area contributed by atoms with E-state index in [9.17, 15) is 18.0 Å². The van der Waals surface area contributed by atoms with Crippen LogP contribution in [0, 0.1) is 5.92 Å². The van der Waals surface area contributed by atoms with Crippen LogP contribution in [0.3, 0.4) is 0 Å². The lowest BCUT2D eigenvalue weighted by Gasteiger charge is -2.16. The van der Waals surface area contributed by atoms with Crippen LogP contribution in [0.1, 0.15) is 17.5 Å². The smallest absolute Gasteiger partial charge is 0.383 e. The van der Waals surface area contributed by atoms with E-state index in [0.717, 1.165) is 6.07 Å². The number of likely N-dealkylation sites (tertiary alicyclic amines) is 1. The van der Waals surface area contributed by atoms with Crippen molar-refractivity contribution in [1.82, 2.24) is 4.90 Å². The van der Waals surface area contributed by atoms with Crippen LogP contribution in [0.5, 0.6) is 0 Å². The minimum absolute atomic E-state index is 0.0454. The van der Waals surface area contributed by atoms with Crippen LogP contribution in [0.2, 0.25) is 0 Å². The Labute approximate surface area is 121 Å². The fraction of sp³-hybridized carbons (Fsp3) is 0.533. The Morgan fingerprint density at radius 1 is 1.38 bits per heavy atom. The summed E-state index contributed by atoms with van der Waals surface area (Å²) in [4.78, 5) is 13.5. The monoisotopic (exact) mass is 301 g/mol. The quantitative estimate of drug-likeness (QED) is 0.837. The number of benzene rings is 1. The number of alkyl halides is 3. The Balaban J connectivity index is 1.98. The minimum atomic E-state index is -4.33. The molecule has 0 radical (unpaired) electrons. The first-order chi connectivity index (χ1) is 9.90. The van der Waals surface area contributed by atoms with Crippen LogP contribution in [0.4, 0.5) is 13.2 Å². The van der Waals surface area contributed by atoms with E-state index in [1.807, 2.05) is 0 Å². The molecule has 21 heavy (non-hydrogen) atoms. The van der Waals surface area contributed by atoms with E-state index < -0.39 is 11.7 Å². The van der Waals surface area contributed by atoms with Crippen LogP contribution in [-0.4, -0.2) is 37.6 Å². The van der Waals surface area contributed by atoms with Gasteiger partial charge in [-0.05, 0) is 24.0 Å². The van der Waals surface area contributed by atoms with Gasteiger partial charge in [0.2, 0.25) is 5.91 Å². The number of carbonyl (C=O) groups excluding carboxylic acids is 1. The maximum atomic E-state index is 12.7. The molecule has 0 unspecified atom stereocenters. The van der Waals surface area contributed by atoms with Crippen molar-refractivity contribution in [3.05, 3.63) is 35.4 Å². The molecule has 0 saturated carbocycles. The molecule has 1 saturated heterocycles.